The lowest BCUT2D eigenvalue weighted by Crippen LogP contribution is -2.55. The molecule has 42 heavy (non-hydrogen) atoms. The second kappa shape index (κ2) is 16.9. The monoisotopic (exact) mass is 603 g/mol. The highest BCUT2D eigenvalue weighted by molar-refractivity contribution is 7.09. The number of carboxylic acid groups (broad SMARTS) is 1. The Morgan fingerprint density at radius 1 is 1.10 bits per heavy atom. The predicted octanol–water partition coefficient (Wildman–Crippen LogP) is 2.88. The Morgan fingerprint density at radius 2 is 1.76 bits per heavy atom. The molecule has 1 heterocycles. The summed E-state index contributed by atoms with van der Waals surface area (Å²) in [6.45, 7) is 8.06. The number of carbonyl (C=O) groups excluding carboxylic acids is 3. The Bertz CT molecular complexity index is 1170. The summed E-state index contributed by atoms with van der Waals surface area (Å²) >= 11 is 1.24. The number of benzene rings is 1. The van der Waals surface area contributed by atoms with Crippen LogP contribution in [0.2, 0.25) is 0 Å². The molecule has 2 aromatic rings. The molecule has 1 aromatic heterocycles. The van der Waals surface area contributed by atoms with E-state index >= 15 is 0 Å². The third kappa shape index (κ3) is 9.88. The zero-order valence-electron chi connectivity index (χ0n) is 25.5. The minimum Gasteiger partial charge on any atom is -0.480 e. The largest absolute Gasteiger partial charge is 0.480 e. The number of carbonyl (C=O) groups is 4. The quantitative estimate of drug-likeness (QED) is 0.216. The molecule has 0 aliphatic carbocycles. The van der Waals surface area contributed by atoms with Gasteiger partial charge in [0.2, 0.25) is 11.8 Å². The van der Waals surface area contributed by atoms with Gasteiger partial charge in [-0.1, -0.05) is 64.4 Å². The summed E-state index contributed by atoms with van der Waals surface area (Å²) in [6, 6.07) is 7.05. The van der Waals surface area contributed by atoms with Gasteiger partial charge in [0.05, 0.1) is 6.54 Å². The minimum absolute atomic E-state index is 0.0548. The van der Waals surface area contributed by atoms with Crippen LogP contribution in [-0.4, -0.2) is 84.6 Å². The van der Waals surface area contributed by atoms with Crippen molar-refractivity contribution in [3.8, 4) is 0 Å². The normalized spacial score (nSPS) is 14.9. The Morgan fingerprint density at radius 3 is 2.31 bits per heavy atom. The van der Waals surface area contributed by atoms with Crippen molar-refractivity contribution in [2.24, 2.45) is 11.8 Å². The third-order valence-electron chi connectivity index (χ3n) is 7.40. The second-order valence-corrected chi connectivity index (χ2v) is 11.7. The molecule has 11 nitrogen and oxygen atoms in total. The van der Waals surface area contributed by atoms with Gasteiger partial charge in [-0.05, 0) is 24.4 Å². The molecule has 0 fully saturated rings. The molecule has 1 aromatic carbocycles. The third-order valence-corrected chi connectivity index (χ3v) is 8.34. The SMILES string of the molecule is CCC(C)C(NC(=O)CNC)C(=O)N(C)C(CC(OC)c1nc(C(=O)NC(Cc2ccccc2)C(=O)O)cs1)C(C)C. The predicted molar refractivity (Wildman–Crippen MR) is 162 cm³/mol. The van der Waals surface area contributed by atoms with Crippen molar-refractivity contribution >= 4 is 35.0 Å². The van der Waals surface area contributed by atoms with Crippen LogP contribution in [-0.2, 0) is 25.5 Å². The van der Waals surface area contributed by atoms with E-state index in [2.05, 4.69) is 20.9 Å². The van der Waals surface area contributed by atoms with Crippen LogP contribution in [0.3, 0.4) is 0 Å². The van der Waals surface area contributed by atoms with Crippen molar-refractivity contribution in [2.45, 2.75) is 71.2 Å². The minimum atomic E-state index is -1.14. The number of amides is 3. The molecule has 12 heteroatoms. The number of aromatic nitrogens is 1. The van der Waals surface area contributed by atoms with E-state index in [1.54, 1.807) is 43.6 Å². The van der Waals surface area contributed by atoms with Gasteiger partial charge in [0, 0.05) is 38.4 Å². The van der Waals surface area contributed by atoms with Gasteiger partial charge in [-0.25, -0.2) is 9.78 Å². The Hall–Kier alpha value is -3.35. The number of likely N-dealkylation sites (N-methyl/N-ethyl adjacent to an activating group) is 2. The van der Waals surface area contributed by atoms with Gasteiger partial charge >= 0.3 is 5.97 Å². The molecule has 0 saturated heterocycles. The van der Waals surface area contributed by atoms with E-state index in [0.29, 0.717) is 11.4 Å². The molecular weight excluding hydrogens is 558 g/mol. The van der Waals surface area contributed by atoms with Gasteiger partial charge in [0.1, 0.15) is 28.9 Å². The summed E-state index contributed by atoms with van der Waals surface area (Å²) in [7, 11) is 4.96. The first kappa shape index (κ1) is 34.8. The molecule has 0 spiro atoms. The summed E-state index contributed by atoms with van der Waals surface area (Å²) in [5.74, 6) is -2.16. The van der Waals surface area contributed by atoms with E-state index in [4.69, 9.17) is 4.74 Å². The van der Waals surface area contributed by atoms with Crippen molar-refractivity contribution in [3.05, 3.63) is 52.0 Å². The fourth-order valence-corrected chi connectivity index (χ4v) is 5.55. The highest BCUT2D eigenvalue weighted by Gasteiger charge is 2.34. The maximum Gasteiger partial charge on any atom is 0.326 e. The van der Waals surface area contributed by atoms with Crippen LogP contribution in [0, 0.1) is 11.8 Å². The number of nitrogens with one attached hydrogen (secondary N) is 3. The van der Waals surface area contributed by atoms with Crippen LogP contribution < -0.4 is 16.0 Å². The molecule has 0 aliphatic heterocycles. The summed E-state index contributed by atoms with van der Waals surface area (Å²) in [6.07, 6.45) is 0.756. The van der Waals surface area contributed by atoms with Gasteiger partial charge in [-0.15, -0.1) is 11.3 Å². The van der Waals surface area contributed by atoms with Crippen molar-refractivity contribution < 1.29 is 29.0 Å². The van der Waals surface area contributed by atoms with Gasteiger partial charge in [-0.2, -0.15) is 0 Å². The van der Waals surface area contributed by atoms with Gasteiger partial charge in [-0.3, -0.25) is 14.4 Å². The van der Waals surface area contributed by atoms with Crippen LogP contribution in [0.1, 0.15) is 67.7 Å². The van der Waals surface area contributed by atoms with Crippen molar-refractivity contribution in [3.63, 3.8) is 0 Å². The molecule has 4 N–H and O–H groups in total. The van der Waals surface area contributed by atoms with E-state index in [9.17, 15) is 24.3 Å². The van der Waals surface area contributed by atoms with Crippen LogP contribution in [0.25, 0.3) is 0 Å². The fourth-order valence-electron chi connectivity index (χ4n) is 4.67. The fraction of sp³-hybridized carbons (Fsp3) is 0.567. The zero-order chi connectivity index (χ0) is 31.4. The van der Waals surface area contributed by atoms with E-state index in [1.165, 1.54) is 11.3 Å². The number of thiazole rings is 1. The lowest BCUT2D eigenvalue weighted by Gasteiger charge is -2.37. The van der Waals surface area contributed by atoms with Gasteiger partial charge in [0.15, 0.2) is 0 Å². The second-order valence-electron chi connectivity index (χ2n) is 10.8. The van der Waals surface area contributed by atoms with Crippen LogP contribution in [0.15, 0.2) is 35.7 Å². The number of methoxy groups -OCH3 is 1. The van der Waals surface area contributed by atoms with E-state index in [1.807, 2.05) is 45.9 Å². The number of carboxylic acids is 1. The molecule has 0 bridgehead atoms. The number of nitrogens with zero attached hydrogens (tertiary/aromatic N) is 2. The first-order chi connectivity index (χ1) is 19.9. The molecular formula is C30H45N5O6S. The molecule has 0 aliphatic rings. The smallest absolute Gasteiger partial charge is 0.326 e. The summed E-state index contributed by atoms with van der Waals surface area (Å²) in [4.78, 5) is 56.9. The van der Waals surface area contributed by atoms with Gasteiger partial charge in [0.25, 0.3) is 5.91 Å². The molecule has 5 unspecified atom stereocenters. The number of ether oxygens (including phenoxy) is 1. The topological polar surface area (TPSA) is 150 Å². The Kier molecular flexibility index (Phi) is 14.1. The molecule has 232 valence electrons. The average Bonchev–Trinajstić information content (AvgIpc) is 3.46. The summed E-state index contributed by atoms with van der Waals surface area (Å²) < 4.78 is 5.77. The molecule has 0 saturated carbocycles. The highest BCUT2D eigenvalue weighted by Crippen LogP contribution is 2.30. The highest BCUT2D eigenvalue weighted by atomic mass is 32.1. The van der Waals surface area contributed by atoms with E-state index < -0.39 is 30.1 Å². The maximum atomic E-state index is 13.7. The number of hydrogen-bond donors (Lipinski definition) is 4. The zero-order valence-corrected chi connectivity index (χ0v) is 26.4. The van der Waals surface area contributed by atoms with Crippen LogP contribution >= 0.6 is 11.3 Å². The molecule has 3 amide bonds. The van der Waals surface area contributed by atoms with Crippen molar-refractivity contribution in [2.75, 3.05) is 27.7 Å². The van der Waals surface area contributed by atoms with Crippen LogP contribution in [0.5, 0.6) is 0 Å². The standard InChI is InChI=1S/C30H45N5O6S/c1-8-19(4)26(34-25(36)16-31-5)29(38)35(6)23(18(2)3)15-24(41-7)28-33-22(17-42-28)27(37)32-21(30(39)40)14-20-12-10-9-11-13-20/h9-13,17-19,21,23-24,26,31H,8,14-16H2,1-7H3,(H,32,37)(H,34,36)(H,39,40). The number of hydrogen-bond acceptors (Lipinski definition) is 8. The maximum absolute atomic E-state index is 13.7. The molecule has 0 radical (unpaired) electrons. The first-order valence-corrected chi connectivity index (χ1v) is 15.1. The van der Waals surface area contributed by atoms with Crippen molar-refractivity contribution in [1.29, 1.82) is 0 Å². The van der Waals surface area contributed by atoms with Crippen LogP contribution in [0.4, 0.5) is 0 Å². The first-order valence-electron chi connectivity index (χ1n) is 14.2. The van der Waals surface area contributed by atoms with E-state index in [-0.39, 0.29) is 48.4 Å². The van der Waals surface area contributed by atoms with E-state index in [0.717, 1.165) is 12.0 Å². The van der Waals surface area contributed by atoms with Gasteiger partial charge < -0.3 is 30.7 Å². The molecule has 5 atom stereocenters. The Labute approximate surface area is 252 Å². The lowest BCUT2D eigenvalue weighted by molar-refractivity contribution is -0.140. The Balaban J connectivity index is 2.18. The number of aliphatic carboxylic acids is 1. The average molecular weight is 604 g/mol. The van der Waals surface area contributed by atoms with Crippen molar-refractivity contribution in [1.82, 2.24) is 25.8 Å². The molecule has 2 rings (SSSR count). The lowest BCUT2D eigenvalue weighted by atomic mass is 9.93. The summed E-state index contributed by atoms with van der Waals surface area (Å²) in [5, 5.41) is 20.0. The number of rotatable bonds is 17. The summed E-state index contributed by atoms with van der Waals surface area (Å²) in [5.41, 5.74) is 0.894.